The highest BCUT2D eigenvalue weighted by Crippen LogP contribution is 2.20. The second-order valence-electron chi connectivity index (χ2n) is 4.48. The van der Waals surface area contributed by atoms with Crippen LogP contribution >= 0.6 is 0 Å². The summed E-state index contributed by atoms with van der Waals surface area (Å²) in [6.45, 7) is 5.93. The molecular formula is C13H20N2. The van der Waals surface area contributed by atoms with Crippen molar-refractivity contribution in [2.45, 2.75) is 32.7 Å². The largest absolute Gasteiger partial charge is 0.299 e. The first kappa shape index (κ1) is 10.6. The molecule has 0 aromatic carbocycles. The fourth-order valence-corrected chi connectivity index (χ4v) is 2.30. The Morgan fingerprint density at radius 2 is 1.93 bits per heavy atom. The van der Waals surface area contributed by atoms with E-state index in [9.17, 15) is 0 Å². The van der Waals surface area contributed by atoms with Gasteiger partial charge in [0.25, 0.3) is 0 Å². The summed E-state index contributed by atoms with van der Waals surface area (Å²) in [5.74, 6) is 0.971. The maximum Gasteiger partial charge on any atom is 0.0271 e. The Morgan fingerprint density at radius 1 is 1.27 bits per heavy atom. The summed E-state index contributed by atoms with van der Waals surface area (Å²) in [5, 5.41) is 0. The SMILES string of the molecule is CCC1CCN(Cc2ccncc2)CC1. The van der Waals surface area contributed by atoms with Crippen LogP contribution in [0.5, 0.6) is 0 Å². The van der Waals surface area contributed by atoms with Gasteiger partial charge >= 0.3 is 0 Å². The Labute approximate surface area is 92.3 Å². The summed E-state index contributed by atoms with van der Waals surface area (Å²) in [5.41, 5.74) is 1.39. The van der Waals surface area contributed by atoms with E-state index in [-0.39, 0.29) is 0 Å². The van der Waals surface area contributed by atoms with Gasteiger partial charge in [-0.1, -0.05) is 13.3 Å². The van der Waals surface area contributed by atoms with Gasteiger partial charge in [-0.15, -0.1) is 0 Å². The van der Waals surface area contributed by atoms with Crippen LogP contribution < -0.4 is 0 Å². The summed E-state index contributed by atoms with van der Waals surface area (Å²) in [6, 6.07) is 4.23. The van der Waals surface area contributed by atoms with Crippen LogP contribution in [0, 0.1) is 5.92 Å². The standard InChI is InChI=1S/C13H20N2/c1-2-12-5-9-15(10-6-12)11-13-3-7-14-8-4-13/h3-4,7-8,12H,2,5-6,9-11H2,1H3. The van der Waals surface area contributed by atoms with E-state index in [0.29, 0.717) is 0 Å². The summed E-state index contributed by atoms with van der Waals surface area (Å²) in [7, 11) is 0. The van der Waals surface area contributed by atoms with Crippen molar-refractivity contribution in [3.05, 3.63) is 30.1 Å². The van der Waals surface area contributed by atoms with Gasteiger partial charge in [0.05, 0.1) is 0 Å². The molecule has 1 aromatic heterocycles. The Morgan fingerprint density at radius 3 is 2.53 bits per heavy atom. The molecule has 1 fully saturated rings. The lowest BCUT2D eigenvalue weighted by Gasteiger charge is -2.31. The minimum Gasteiger partial charge on any atom is -0.299 e. The zero-order chi connectivity index (χ0) is 10.5. The van der Waals surface area contributed by atoms with Gasteiger partial charge in [0.1, 0.15) is 0 Å². The minimum absolute atomic E-state index is 0.971. The van der Waals surface area contributed by atoms with Crippen molar-refractivity contribution in [2.75, 3.05) is 13.1 Å². The minimum atomic E-state index is 0.971. The van der Waals surface area contributed by atoms with Gasteiger partial charge in [-0.2, -0.15) is 0 Å². The number of nitrogens with zero attached hydrogens (tertiary/aromatic N) is 2. The third-order valence-electron chi connectivity index (χ3n) is 3.44. The van der Waals surface area contributed by atoms with Gasteiger partial charge in [0.2, 0.25) is 0 Å². The van der Waals surface area contributed by atoms with Crippen molar-refractivity contribution in [2.24, 2.45) is 5.92 Å². The van der Waals surface area contributed by atoms with Crippen molar-refractivity contribution < 1.29 is 0 Å². The summed E-state index contributed by atoms with van der Waals surface area (Å²) >= 11 is 0. The van der Waals surface area contributed by atoms with E-state index < -0.39 is 0 Å². The predicted octanol–water partition coefficient (Wildman–Crippen LogP) is 2.70. The molecule has 0 atom stereocenters. The fourth-order valence-electron chi connectivity index (χ4n) is 2.30. The quantitative estimate of drug-likeness (QED) is 0.752. The maximum atomic E-state index is 4.05. The average molecular weight is 204 g/mol. The van der Waals surface area contributed by atoms with E-state index in [1.807, 2.05) is 12.4 Å². The molecule has 0 unspecified atom stereocenters. The van der Waals surface area contributed by atoms with Crippen LogP contribution in [0.15, 0.2) is 24.5 Å². The monoisotopic (exact) mass is 204 g/mol. The highest BCUT2D eigenvalue weighted by molar-refractivity contribution is 5.09. The topological polar surface area (TPSA) is 16.1 Å². The van der Waals surface area contributed by atoms with Crippen molar-refractivity contribution in [1.82, 2.24) is 9.88 Å². The lowest BCUT2D eigenvalue weighted by Crippen LogP contribution is -2.32. The molecule has 2 rings (SSSR count). The van der Waals surface area contributed by atoms with E-state index in [1.165, 1.54) is 37.9 Å². The first-order valence-corrected chi connectivity index (χ1v) is 5.99. The summed E-state index contributed by atoms with van der Waals surface area (Å²) in [4.78, 5) is 6.60. The normalized spacial score (nSPS) is 19.3. The van der Waals surface area contributed by atoms with Crippen LogP contribution in [0.3, 0.4) is 0 Å². The lowest BCUT2D eigenvalue weighted by molar-refractivity contribution is 0.175. The highest BCUT2D eigenvalue weighted by atomic mass is 15.1. The molecule has 15 heavy (non-hydrogen) atoms. The van der Waals surface area contributed by atoms with Crippen LogP contribution in [-0.2, 0) is 6.54 Å². The highest BCUT2D eigenvalue weighted by Gasteiger charge is 2.17. The molecule has 2 nitrogen and oxygen atoms in total. The average Bonchev–Trinajstić information content (AvgIpc) is 2.31. The Kier molecular flexibility index (Phi) is 3.73. The number of likely N-dealkylation sites (tertiary alicyclic amines) is 1. The van der Waals surface area contributed by atoms with Crippen LogP contribution in [0.2, 0.25) is 0 Å². The molecule has 0 aliphatic carbocycles. The number of piperidine rings is 1. The van der Waals surface area contributed by atoms with E-state index in [2.05, 4.69) is 28.9 Å². The number of pyridine rings is 1. The van der Waals surface area contributed by atoms with Crippen molar-refractivity contribution in [1.29, 1.82) is 0 Å². The Bertz CT molecular complexity index is 276. The molecule has 1 aromatic rings. The molecule has 1 aliphatic rings. The van der Waals surface area contributed by atoms with E-state index in [4.69, 9.17) is 0 Å². The molecule has 0 amide bonds. The molecule has 0 bridgehead atoms. The van der Waals surface area contributed by atoms with E-state index in [1.54, 1.807) is 0 Å². The summed E-state index contributed by atoms with van der Waals surface area (Å²) < 4.78 is 0. The van der Waals surface area contributed by atoms with Gasteiger partial charge in [0.15, 0.2) is 0 Å². The first-order valence-electron chi connectivity index (χ1n) is 5.99. The molecule has 2 heterocycles. The maximum absolute atomic E-state index is 4.05. The summed E-state index contributed by atoms with van der Waals surface area (Å²) in [6.07, 6.45) is 7.87. The van der Waals surface area contributed by atoms with Crippen molar-refractivity contribution >= 4 is 0 Å². The molecule has 0 radical (unpaired) electrons. The molecule has 0 saturated carbocycles. The van der Waals surface area contributed by atoms with Gasteiger partial charge < -0.3 is 0 Å². The molecule has 0 spiro atoms. The van der Waals surface area contributed by atoms with Gasteiger partial charge in [0, 0.05) is 18.9 Å². The Hall–Kier alpha value is -0.890. The molecule has 2 heteroatoms. The van der Waals surface area contributed by atoms with Gasteiger partial charge in [-0.05, 0) is 49.5 Å². The second-order valence-corrected chi connectivity index (χ2v) is 4.48. The third kappa shape index (κ3) is 3.03. The third-order valence-corrected chi connectivity index (χ3v) is 3.44. The van der Waals surface area contributed by atoms with E-state index in [0.717, 1.165) is 12.5 Å². The molecular weight excluding hydrogens is 184 g/mol. The van der Waals surface area contributed by atoms with E-state index >= 15 is 0 Å². The second kappa shape index (κ2) is 5.26. The number of rotatable bonds is 3. The zero-order valence-electron chi connectivity index (χ0n) is 9.52. The number of aromatic nitrogens is 1. The predicted molar refractivity (Wildman–Crippen MR) is 62.5 cm³/mol. The first-order chi connectivity index (χ1) is 7.38. The van der Waals surface area contributed by atoms with Crippen LogP contribution in [0.1, 0.15) is 31.7 Å². The van der Waals surface area contributed by atoms with Crippen molar-refractivity contribution in [3.8, 4) is 0 Å². The zero-order valence-corrected chi connectivity index (χ0v) is 9.52. The molecule has 82 valence electrons. The number of hydrogen-bond donors (Lipinski definition) is 0. The van der Waals surface area contributed by atoms with Crippen molar-refractivity contribution in [3.63, 3.8) is 0 Å². The van der Waals surface area contributed by atoms with Crippen LogP contribution in [0.25, 0.3) is 0 Å². The molecule has 1 saturated heterocycles. The molecule has 0 N–H and O–H groups in total. The number of hydrogen-bond acceptors (Lipinski definition) is 2. The smallest absolute Gasteiger partial charge is 0.0271 e. The van der Waals surface area contributed by atoms with Gasteiger partial charge in [-0.25, -0.2) is 0 Å². The Balaban J connectivity index is 1.82. The lowest BCUT2D eigenvalue weighted by atomic mass is 9.94. The van der Waals surface area contributed by atoms with Crippen LogP contribution in [0.4, 0.5) is 0 Å². The fraction of sp³-hybridized carbons (Fsp3) is 0.615. The van der Waals surface area contributed by atoms with Crippen LogP contribution in [-0.4, -0.2) is 23.0 Å². The van der Waals surface area contributed by atoms with Gasteiger partial charge in [-0.3, -0.25) is 9.88 Å². The molecule has 1 aliphatic heterocycles.